The van der Waals surface area contributed by atoms with E-state index in [1.807, 2.05) is 27.7 Å². The van der Waals surface area contributed by atoms with Crippen LogP contribution in [0.15, 0.2) is 0 Å². The van der Waals surface area contributed by atoms with E-state index < -0.39 is 11.6 Å². The monoisotopic (exact) mass is 310 g/mol. The lowest BCUT2D eigenvalue weighted by Crippen LogP contribution is -2.57. The van der Waals surface area contributed by atoms with E-state index in [1.165, 1.54) is 0 Å². The summed E-state index contributed by atoms with van der Waals surface area (Å²) in [6, 6.07) is -0.0411. The van der Waals surface area contributed by atoms with Crippen molar-refractivity contribution >= 4 is 17.8 Å². The number of carbonyl (C=O) groups excluding carboxylic acids is 3. The summed E-state index contributed by atoms with van der Waals surface area (Å²) in [6.45, 7) is 8.79. The number of hydrogen-bond donors (Lipinski definition) is 2. The van der Waals surface area contributed by atoms with E-state index >= 15 is 0 Å². The first-order valence-electron chi connectivity index (χ1n) is 8.01. The van der Waals surface area contributed by atoms with Gasteiger partial charge in [-0.2, -0.15) is 0 Å². The van der Waals surface area contributed by atoms with Gasteiger partial charge in [0.1, 0.15) is 12.1 Å². The Morgan fingerprint density at radius 2 is 1.73 bits per heavy atom. The topological polar surface area (TPSA) is 81.8 Å². The van der Waals surface area contributed by atoms with Crippen molar-refractivity contribution in [1.82, 2.24) is 20.4 Å². The fourth-order valence-electron chi connectivity index (χ4n) is 3.31. The van der Waals surface area contributed by atoms with E-state index in [1.54, 1.807) is 4.90 Å². The van der Waals surface area contributed by atoms with Crippen molar-refractivity contribution in [3.63, 3.8) is 0 Å². The molecule has 0 bridgehead atoms. The molecule has 0 aromatic rings. The second-order valence-corrected chi connectivity index (χ2v) is 6.38. The SMILES string of the molecule is CCC1(CC)NC(=O)N(CC(=O)N2C[C@H](C)N[C@@H](C)C2)C1=O. The maximum atomic E-state index is 12.5. The summed E-state index contributed by atoms with van der Waals surface area (Å²) in [4.78, 5) is 39.8. The van der Waals surface area contributed by atoms with Crippen LogP contribution in [0.25, 0.3) is 0 Å². The average molecular weight is 310 g/mol. The molecule has 0 radical (unpaired) electrons. The Labute approximate surface area is 131 Å². The molecule has 2 fully saturated rings. The molecular weight excluding hydrogens is 284 g/mol. The first-order chi connectivity index (χ1) is 10.3. The highest BCUT2D eigenvalue weighted by Crippen LogP contribution is 2.24. The van der Waals surface area contributed by atoms with Crippen LogP contribution in [0.5, 0.6) is 0 Å². The number of amides is 4. The molecule has 0 aliphatic carbocycles. The molecule has 7 heteroatoms. The van der Waals surface area contributed by atoms with Gasteiger partial charge in [0, 0.05) is 25.2 Å². The third kappa shape index (κ3) is 2.95. The fourth-order valence-corrected chi connectivity index (χ4v) is 3.31. The third-order valence-corrected chi connectivity index (χ3v) is 4.66. The van der Waals surface area contributed by atoms with Crippen LogP contribution in [0, 0.1) is 0 Å². The molecule has 2 heterocycles. The van der Waals surface area contributed by atoms with E-state index in [9.17, 15) is 14.4 Å². The largest absolute Gasteiger partial charge is 0.338 e. The van der Waals surface area contributed by atoms with Gasteiger partial charge in [0.05, 0.1) is 0 Å². The van der Waals surface area contributed by atoms with Crippen LogP contribution in [-0.4, -0.2) is 64.9 Å². The highest BCUT2D eigenvalue weighted by molar-refractivity contribution is 6.08. The molecule has 2 atom stereocenters. The molecule has 2 rings (SSSR count). The van der Waals surface area contributed by atoms with Gasteiger partial charge in [-0.1, -0.05) is 13.8 Å². The Balaban J connectivity index is 2.05. The summed E-state index contributed by atoms with van der Waals surface area (Å²) in [5.41, 5.74) is -0.846. The van der Waals surface area contributed by atoms with Crippen molar-refractivity contribution in [2.45, 2.75) is 58.2 Å². The van der Waals surface area contributed by atoms with Crippen molar-refractivity contribution < 1.29 is 14.4 Å². The van der Waals surface area contributed by atoms with Crippen molar-refractivity contribution in [2.75, 3.05) is 19.6 Å². The minimum absolute atomic E-state index is 0.174. The normalized spacial score (nSPS) is 28.0. The van der Waals surface area contributed by atoms with E-state index in [-0.39, 0.29) is 30.4 Å². The van der Waals surface area contributed by atoms with Crippen LogP contribution in [0.1, 0.15) is 40.5 Å². The lowest BCUT2D eigenvalue weighted by atomic mass is 9.93. The molecule has 124 valence electrons. The first-order valence-corrected chi connectivity index (χ1v) is 8.01. The maximum absolute atomic E-state index is 12.5. The lowest BCUT2D eigenvalue weighted by Gasteiger charge is -2.36. The van der Waals surface area contributed by atoms with Gasteiger partial charge in [-0.15, -0.1) is 0 Å². The quantitative estimate of drug-likeness (QED) is 0.732. The summed E-state index contributed by atoms with van der Waals surface area (Å²) in [7, 11) is 0. The van der Waals surface area contributed by atoms with Crippen molar-refractivity contribution in [3.8, 4) is 0 Å². The molecule has 0 saturated carbocycles. The summed E-state index contributed by atoms with van der Waals surface area (Å²) in [5, 5.41) is 6.10. The second kappa shape index (κ2) is 6.24. The van der Waals surface area contributed by atoms with Crippen LogP contribution in [0.2, 0.25) is 0 Å². The van der Waals surface area contributed by atoms with Crippen LogP contribution < -0.4 is 10.6 Å². The predicted molar refractivity (Wildman–Crippen MR) is 82.2 cm³/mol. The molecule has 0 aromatic heterocycles. The summed E-state index contributed by atoms with van der Waals surface area (Å²) < 4.78 is 0. The predicted octanol–water partition coefficient (Wildman–Crippen LogP) is 0.306. The van der Waals surface area contributed by atoms with Crippen molar-refractivity contribution in [3.05, 3.63) is 0 Å². The molecule has 7 nitrogen and oxygen atoms in total. The van der Waals surface area contributed by atoms with Crippen molar-refractivity contribution in [2.24, 2.45) is 0 Å². The van der Waals surface area contributed by atoms with Gasteiger partial charge in [-0.05, 0) is 26.7 Å². The third-order valence-electron chi connectivity index (χ3n) is 4.66. The number of imide groups is 1. The van der Waals surface area contributed by atoms with Crippen LogP contribution in [0.4, 0.5) is 4.79 Å². The Morgan fingerprint density at radius 1 is 1.18 bits per heavy atom. The van der Waals surface area contributed by atoms with E-state index in [0.29, 0.717) is 25.9 Å². The number of urea groups is 1. The Kier molecular flexibility index (Phi) is 4.75. The van der Waals surface area contributed by atoms with Gasteiger partial charge < -0.3 is 15.5 Å². The molecule has 22 heavy (non-hydrogen) atoms. The van der Waals surface area contributed by atoms with Gasteiger partial charge in [-0.25, -0.2) is 4.79 Å². The van der Waals surface area contributed by atoms with Gasteiger partial charge in [-0.3, -0.25) is 14.5 Å². The minimum atomic E-state index is -0.846. The molecule has 2 N–H and O–H groups in total. The Morgan fingerprint density at radius 3 is 2.18 bits per heavy atom. The van der Waals surface area contributed by atoms with Gasteiger partial charge >= 0.3 is 6.03 Å². The zero-order valence-corrected chi connectivity index (χ0v) is 13.8. The van der Waals surface area contributed by atoms with E-state index in [2.05, 4.69) is 10.6 Å². The Bertz CT molecular complexity index is 465. The van der Waals surface area contributed by atoms with Gasteiger partial charge in [0.2, 0.25) is 5.91 Å². The molecule has 2 aliphatic rings. The molecule has 2 saturated heterocycles. The maximum Gasteiger partial charge on any atom is 0.325 e. The standard InChI is InChI=1S/C15H26N4O3/c1-5-15(6-2)13(21)19(14(22)17-15)9-12(20)18-7-10(3)16-11(4)8-18/h10-11,16H,5-9H2,1-4H3,(H,17,22)/t10-,11-/m0/s1. The number of nitrogens with zero attached hydrogens (tertiary/aromatic N) is 2. The van der Waals surface area contributed by atoms with Crippen molar-refractivity contribution in [1.29, 1.82) is 0 Å². The smallest absolute Gasteiger partial charge is 0.325 e. The van der Waals surface area contributed by atoms with Gasteiger partial charge in [0.15, 0.2) is 0 Å². The van der Waals surface area contributed by atoms with Gasteiger partial charge in [0.25, 0.3) is 5.91 Å². The second-order valence-electron chi connectivity index (χ2n) is 6.38. The molecule has 0 spiro atoms. The number of rotatable bonds is 4. The molecule has 4 amide bonds. The summed E-state index contributed by atoms with van der Waals surface area (Å²) >= 11 is 0. The van der Waals surface area contributed by atoms with Crippen LogP contribution >= 0.6 is 0 Å². The fraction of sp³-hybridized carbons (Fsp3) is 0.800. The Hall–Kier alpha value is -1.63. The number of carbonyl (C=O) groups is 3. The molecule has 0 unspecified atom stereocenters. The minimum Gasteiger partial charge on any atom is -0.338 e. The molecular formula is C15H26N4O3. The number of piperazine rings is 1. The summed E-state index contributed by atoms with van der Waals surface area (Å²) in [5.74, 6) is -0.459. The summed E-state index contributed by atoms with van der Waals surface area (Å²) in [6.07, 6.45) is 1.06. The molecule has 2 aliphatic heterocycles. The number of nitrogens with one attached hydrogen (secondary N) is 2. The zero-order chi connectivity index (χ0) is 16.5. The van der Waals surface area contributed by atoms with Crippen LogP contribution in [0.3, 0.4) is 0 Å². The lowest BCUT2D eigenvalue weighted by molar-refractivity contribution is -0.140. The first kappa shape index (κ1) is 16.7. The average Bonchev–Trinajstić information content (AvgIpc) is 2.70. The van der Waals surface area contributed by atoms with Crippen LogP contribution in [-0.2, 0) is 9.59 Å². The highest BCUT2D eigenvalue weighted by atomic mass is 16.2. The number of hydrogen-bond acceptors (Lipinski definition) is 4. The molecule has 0 aromatic carbocycles. The zero-order valence-electron chi connectivity index (χ0n) is 13.8. The highest BCUT2D eigenvalue weighted by Gasteiger charge is 2.49. The van der Waals surface area contributed by atoms with E-state index in [0.717, 1.165) is 4.90 Å². The van der Waals surface area contributed by atoms with E-state index in [4.69, 9.17) is 0 Å².